The molecular formula is C3H5Br2. The van der Waals surface area contributed by atoms with Crippen LogP contribution in [0.3, 0.4) is 0 Å². The molecule has 0 rings (SSSR count). The number of alkyl halides is 1. The summed E-state index contributed by atoms with van der Waals surface area (Å²) in [7, 11) is 0. The third-order valence-electron chi connectivity index (χ3n) is 0.218. The minimum Gasteiger partial charge on any atom is -0.0928 e. The molecule has 0 aliphatic rings. The van der Waals surface area contributed by atoms with E-state index in [-0.39, 0.29) is 0 Å². The second kappa shape index (κ2) is 4.96. The average molecular weight is 201 g/mol. The van der Waals surface area contributed by atoms with E-state index < -0.39 is 0 Å². The molecule has 0 saturated heterocycles. The molecule has 0 fully saturated rings. The Kier molecular flexibility index (Phi) is 5.91. The van der Waals surface area contributed by atoms with Gasteiger partial charge in [0.2, 0.25) is 0 Å². The van der Waals surface area contributed by atoms with Crippen molar-refractivity contribution in [2.45, 2.75) is 6.42 Å². The van der Waals surface area contributed by atoms with E-state index in [2.05, 4.69) is 31.9 Å². The van der Waals surface area contributed by atoms with Crippen molar-refractivity contribution in [1.82, 2.24) is 0 Å². The Morgan fingerprint density at radius 1 is 1.60 bits per heavy atom. The summed E-state index contributed by atoms with van der Waals surface area (Å²) in [4.78, 5) is 0. The molecule has 0 heterocycles. The van der Waals surface area contributed by atoms with Crippen molar-refractivity contribution in [2.24, 2.45) is 0 Å². The summed E-state index contributed by atoms with van der Waals surface area (Å²) in [6.45, 7) is 0. The fourth-order valence-corrected chi connectivity index (χ4v) is 1.11. The van der Waals surface area contributed by atoms with Crippen molar-refractivity contribution in [2.75, 3.05) is 5.33 Å². The van der Waals surface area contributed by atoms with Crippen LogP contribution < -0.4 is 0 Å². The molecule has 0 nitrogen and oxygen atoms in total. The highest BCUT2D eigenvalue weighted by Gasteiger charge is 1.72. The van der Waals surface area contributed by atoms with Crippen molar-refractivity contribution in [1.29, 1.82) is 0 Å². The molecule has 0 spiro atoms. The van der Waals surface area contributed by atoms with Crippen LogP contribution in [0.1, 0.15) is 6.42 Å². The second-order valence-electron chi connectivity index (χ2n) is 0.632. The fraction of sp³-hybridized carbons (Fsp3) is 0.667. The van der Waals surface area contributed by atoms with E-state index >= 15 is 0 Å². The van der Waals surface area contributed by atoms with Crippen LogP contribution in [0.5, 0.6) is 0 Å². The van der Waals surface area contributed by atoms with Crippen molar-refractivity contribution in [3.05, 3.63) is 5.33 Å². The standard InChI is InChI=1S/C3H5Br2/c4-2-1-3-5/h2H,1,3H2. The average Bonchev–Trinajstić information content (AvgIpc) is 1.41. The Bertz CT molecular complexity index is 12.4. The summed E-state index contributed by atoms with van der Waals surface area (Å²) in [6.07, 6.45) is 1.10. The fourth-order valence-electron chi connectivity index (χ4n) is 0.0412. The molecule has 31 valence electrons. The predicted octanol–water partition coefficient (Wildman–Crippen LogP) is 2.33. The Morgan fingerprint density at radius 3 is 2.20 bits per heavy atom. The number of hydrogen-bond donors (Lipinski definition) is 0. The van der Waals surface area contributed by atoms with Crippen LogP contribution in [0.15, 0.2) is 0 Å². The third-order valence-corrected chi connectivity index (χ3v) is 1.13. The SMILES string of the molecule is Br[CH]CCBr. The summed E-state index contributed by atoms with van der Waals surface area (Å²) < 4.78 is 0. The van der Waals surface area contributed by atoms with E-state index in [1.165, 1.54) is 0 Å². The van der Waals surface area contributed by atoms with Gasteiger partial charge in [0.15, 0.2) is 0 Å². The molecule has 0 aromatic rings. The summed E-state index contributed by atoms with van der Waals surface area (Å²) in [5.41, 5.74) is 0. The minimum absolute atomic E-state index is 1.05. The predicted molar refractivity (Wildman–Crippen MR) is 31.6 cm³/mol. The van der Waals surface area contributed by atoms with Gasteiger partial charge >= 0.3 is 0 Å². The largest absolute Gasteiger partial charge is 0.0928 e. The molecule has 0 bridgehead atoms. The second-order valence-corrected chi connectivity index (χ2v) is 2.07. The molecule has 5 heavy (non-hydrogen) atoms. The first-order valence-electron chi connectivity index (χ1n) is 1.39. The van der Waals surface area contributed by atoms with Crippen molar-refractivity contribution in [3.63, 3.8) is 0 Å². The minimum atomic E-state index is 1.05. The molecule has 0 aliphatic heterocycles. The van der Waals surface area contributed by atoms with E-state index in [9.17, 15) is 0 Å². The molecule has 0 amide bonds. The molecule has 0 aliphatic carbocycles. The van der Waals surface area contributed by atoms with Gasteiger partial charge < -0.3 is 0 Å². The summed E-state index contributed by atoms with van der Waals surface area (Å²) >= 11 is 6.40. The Hall–Kier alpha value is 0.960. The van der Waals surface area contributed by atoms with Gasteiger partial charge in [0.1, 0.15) is 0 Å². The molecule has 2 heteroatoms. The van der Waals surface area contributed by atoms with Crippen LogP contribution in [-0.4, -0.2) is 5.33 Å². The molecule has 0 N–H and O–H groups in total. The zero-order valence-electron chi connectivity index (χ0n) is 2.75. The first-order valence-corrected chi connectivity index (χ1v) is 3.43. The van der Waals surface area contributed by atoms with Gasteiger partial charge in [-0.05, 0) is 6.42 Å². The summed E-state index contributed by atoms with van der Waals surface area (Å²) in [5, 5.41) is 3.00. The highest BCUT2D eigenvalue weighted by molar-refractivity contribution is 9.10. The van der Waals surface area contributed by atoms with Gasteiger partial charge in [0, 0.05) is 10.7 Å². The smallest absolute Gasteiger partial charge is 0.0279 e. The molecule has 0 saturated carbocycles. The normalized spacial score (nSPS) is 8.40. The van der Waals surface area contributed by atoms with Crippen LogP contribution in [0.25, 0.3) is 0 Å². The quantitative estimate of drug-likeness (QED) is 0.601. The van der Waals surface area contributed by atoms with Gasteiger partial charge in [-0.2, -0.15) is 0 Å². The van der Waals surface area contributed by atoms with E-state index in [1.54, 1.807) is 0 Å². The molecular weight excluding hydrogens is 196 g/mol. The first kappa shape index (κ1) is 5.96. The maximum Gasteiger partial charge on any atom is 0.0279 e. The number of rotatable bonds is 2. The topological polar surface area (TPSA) is 0 Å². The van der Waals surface area contributed by atoms with Gasteiger partial charge in [0.25, 0.3) is 0 Å². The lowest BCUT2D eigenvalue weighted by Crippen LogP contribution is -1.62. The van der Waals surface area contributed by atoms with Crippen molar-refractivity contribution < 1.29 is 0 Å². The Labute approximate surface area is 49.2 Å². The lowest BCUT2D eigenvalue weighted by molar-refractivity contribution is 1.24. The Morgan fingerprint density at radius 2 is 2.20 bits per heavy atom. The lowest BCUT2D eigenvalue weighted by Gasteiger charge is -1.75. The van der Waals surface area contributed by atoms with Crippen molar-refractivity contribution in [3.8, 4) is 0 Å². The van der Waals surface area contributed by atoms with Crippen molar-refractivity contribution >= 4 is 31.9 Å². The van der Waals surface area contributed by atoms with Gasteiger partial charge in [-0.1, -0.05) is 31.9 Å². The summed E-state index contributed by atoms with van der Waals surface area (Å²) in [5.74, 6) is 0. The maximum absolute atomic E-state index is 3.25. The third kappa shape index (κ3) is 4.96. The highest BCUT2D eigenvalue weighted by atomic mass is 79.9. The van der Waals surface area contributed by atoms with Crippen LogP contribution in [0.2, 0.25) is 0 Å². The van der Waals surface area contributed by atoms with E-state index in [4.69, 9.17) is 0 Å². The lowest BCUT2D eigenvalue weighted by atomic mass is 10.6. The van der Waals surface area contributed by atoms with Gasteiger partial charge in [-0.25, -0.2) is 0 Å². The van der Waals surface area contributed by atoms with Crippen LogP contribution in [-0.2, 0) is 0 Å². The zero-order chi connectivity index (χ0) is 4.12. The maximum atomic E-state index is 3.25. The number of halogens is 2. The molecule has 0 aromatic heterocycles. The van der Waals surface area contributed by atoms with Gasteiger partial charge in [0.05, 0.1) is 0 Å². The van der Waals surface area contributed by atoms with Gasteiger partial charge in [-0.15, -0.1) is 0 Å². The molecule has 0 atom stereocenters. The van der Waals surface area contributed by atoms with E-state index in [0.29, 0.717) is 0 Å². The van der Waals surface area contributed by atoms with Crippen LogP contribution in [0, 0.1) is 5.33 Å². The Balaban J connectivity index is 2.19. The molecule has 1 radical (unpaired) electrons. The van der Waals surface area contributed by atoms with E-state index in [1.807, 2.05) is 5.33 Å². The molecule has 0 unspecified atom stereocenters. The summed E-state index contributed by atoms with van der Waals surface area (Å²) in [6, 6.07) is 0. The van der Waals surface area contributed by atoms with Crippen LogP contribution >= 0.6 is 31.9 Å². The van der Waals surface area contributed by atoms with Gasteiger partial charge in [-0.3, -0.25) is 0 Å². The first-order chi connectivity index (χ1) is 2.41. The zero-order valence-corrected chi connectivity index (χ0v) is 5.92. The van der Waals surface area contributed by atoms with Crippen LogP contribution in [0.4, 0.5) is 0 Å². The monoisotopic (exact) mass is 199 g/mol. The number of hydrogen-bond acceptors (Lipinski definition) is 0. The highest BCUT2D eigenvalue weighted by Crippen LogP contribution is 1.96. The van der Waals surface area contributed by atoms with E-state index in [0.717, 1.165) is 11.8 Å². The molecule has 0 aromatic carbocycles.